The number of fused-ring (bicyclic) bond motifs is 2. The van der Waals surface area contributed by atoms with Gasteiger partial charge in [-0.05, 0) is 61.3 Å². The molecule has 1 fully saturated rings. The molecule has 2 aromatic rings. The molecule has 26 heavy (non-hydrogen) atoms. The van der Waals surface area contributed by atoms with E-state index in [0.717, 1.165) is 31.5 Å². The molecule has 5 nitrogen and oxygen atoms in total. The van der Waals surface area contributed by atoms with Crippen LogP contribution in [-0.2, 0) is 5.41 Å². The first kappa shape index (κ1) is 17.1. The first-order valence-corrected chi connectivity index (χ1v) is 9.09. The lowest BCUT2D eigenvalue weighted by atomic mass is 9.72. The van der Waals surface area contributed by atoms with Gasteiger partial charge in [-0.25, -0.2) is 0 Å². The number of aliphatic hydroxyl groups excluding tert-OH is 1. The number of hydrogen-bond donors (Lipinski definition) is 3. The van der Waals surface area contributed by atoms with Crippen molar-refractivity contribution in [1.82, 2.24) is 10.6 Å². The second kappa shape index (κ2) is 6.74. The summed E-state index contributed by atoms with van der Waals surface area (Å²) in [6.07, 6.45) is 1.13. The van der Waals surface area contributed by atoms with Crippen molar-refractivity contribution in [3.05, 3.63) is 65.2 Å². The predicted octanol–water partition coefficient (Wildman–Crippen LogP) is 2.16. The Hall–Kier alpha value is -2.37. The molecule has 3 N–H and O–H groups in total. The maximum Gasteiger partial charge on any atom is 0.251 e. The minimum Gasteiger partial charge on any atom is -0.497 e. The van der Waals surface area contributed by atoms with Gasteiger partial charge in [-0.1, -0.05) is 24.3 Å². The predicted molar refractivity (Wildman–Crippen MR) is 99.4 cm³/mol. The van der Waals surface area contributed by atoms with E-state index in [9.17, 15) is 9.90 Å². The Kier molecular flexibility index (Phi) is 4.42. The van der Waals surface area contributed by atoms with E-state index in [-0.39, 0.29) is 17.4 Å². The number of carbonyl (C=O) groups excluding carboxylic acids is 1. The van der Waals surface area contributed by atoms with E-state index in [4.69, 9.17) is 4.74 Å². The maximum absolute atomic E-state index is 12.8. The van der Waals surface area contributed by atoms with Crippen molar-refractivity contribution in [3.8, 4) is 5.75 Å². The summed E-state index contributed by atoms with van der Waals surface area (Å²) in [5.74, 6) is 0.527. The largest absolute Gasteiger partial charge is 0.497 e. The highest BCUT2D eigenvalue weighted by Gasteiger charge is 2.52. The number of amides is 1. The molecular weight excluding hydrogens is 328 g/mol. The molecule has 136 valence electrons. The lowest BCUT2D eigenvalue weighted by Crippen LogP contribution is -2.48. The standard InChI is InChI=1S/C21H24N2O3/c1-26-15-8-6-14(7-9-15)20(25)23-18-16-4-2-3-5-17(16)21(19(18)24)10-12-22-13-11-21/h2-9,18-19,22,24H,10-13H2,1H3,(H,23,25)/t18-,19+/m0/s1. The number of aliphatic hydroxyl groups is 1. The molecule has 2 atom stereocenters. The number of hydrogen-bond acceptors (Lipinski definition) is 4. The van der Waals surface area contributed by atoms with Gasteiger partial charge in [0.2, 0.25) is 0 Å². The fourth-order valence-electron chi connectivity index (χ4n) is 4.43. The van der Waals surface area contributed by atoms with Crippen LogP contribution in [0, 0.1) is 0 Å². The van der Waals surface area contributed by atoms with Gasteiger partial charge < -0.3 is 20.5 Å². The summed E-state index contributed by atoms with van der Waals surface area (Å²) in [6, 6.07) is 14.7. The van der Waals surface area contributed by atoms with Crippen LogP contribution < -0.4 is 15.4 Å². The molecule has 0 unspecified atom stereocenters. The Labute approximate surface area is 153 Å². The lowest BCUT2D eigenvalue weighted by molar-refractivity contribution is 0.0418. The number of nitrogens with one attached hydrogen (secondary N) is 2. The molecule has 2 aromatic carbocycles. The summed E-state index contributed by atoms with van der Waals surface area (Å²) in [4.78, 5) is 12.8. The first-order chi connectivity index (χ1) is 12.7. The molecule has 0 aromatic heterocycles. The van der Waals surface area contributed by atoms with E-state index < -0.39 is 6.10 Å². The van der Waals surface area contributed by atoms with Gasteiger partial charge in [0.15, 0.2) is 0 Å². The van der Waals surface area contributed by atoms with Crippen molar-refractivity contribution in [2.24, 2.45) is 0 Å². The molecule has 1 amide bonds. The first-order valence-electron chi connectivity index (χ1n) is 9.09. The van der Waals surface area contributed by atoms with Crippen LogP contribution in [0.5, 0.6) is 5.75 Å². The number of carbonyl (C=O) groups is 1. The van der Waals surface area contributed by atoms with Crippen LogP contribution in [0.2, 0.25) is 0 Å². The van der Waals surface area contributed by atoms with Crippen molar-refractivity contribution in [2.45, 2.75) is 30.4 Å². The molecule has 5 heteroatoms. The molecule has 0 radical (unpaired) electrons. The molecule has 1 saturated heterocycles. The van der Waals surface area contributed by atoms with Crippen molar-refractivity contribution in [1.29, 1.82) is 0 Å². The summed E-state index contributed by atoms with van der Waals surface area (Å²) >= 11 is 0. The summed E-state index contributed by atoms with van der Waals surface area (Å²) in [7, 11) is 1.60. The smallest absolute Gasteiger partial charge is 0.251 e. The number of ether oxygens (including phenoxy) is 1. The van der Waals surface area contributed by atoms with E-state index in [1.807, 2.05) is 18.2 Å². The van der Waals surface area contributed by atoms with Crippen LogP contribution in [0.3, 0.4) is 0 Å². The summed E-state index contributed by atoms with van der Waals surface area (Å²) in [5, 5.41) is 17.6. The van der Waals surface area contributed by atoms with E-state index in [1.165, 1.54) is 5.56 Å². The molecular formula is C21H24N2O3. The van der Waals surface area contributed by atoms with E-state index >= 15 is 0 Å². The summed E-state index contributed by atoms with van der Waals surface area (Å²) < 4.78 is 5.14. The van der Waals surface area contributed by atoms with Crippen molar-refractivity contribution < 1.29 is 14.6 Å². The average molecular weight is 352 g/mol. The van der Waals surface area contributed by atoms with Crippen LogP contribution in [0.4, 0.5) is 0 Å². The number of piperidine rings is 1. The molecule has 0 saturated carbocycles. The van der Waals surface area contributed by atoms with Crippen LogP contribution in [0.1, 0.15) is 40.4 Å². The van der Waals surface area contributed by atoms with Crippen LogP contribution in [0.25, 0.3) is 0 Å². The van der Waals surface area contributed by atoms with Crippen molar-refractivity contribution in [3.63, 3.8) is 0 Å². The van der Waals surface area contributed by atoms with E-state index in [2.05, 4.69) is 16.7 Å². The Morgan fingerprint density at radius 2 is 1.85 bits per heavy atom. The zero-order valence-corrected chi connectivity index (χ0v) is 14.9. The quantitative estimate of drug-likeness (QED) is 0.792. The molecule has 0 bridgehead atoms. The van der Waals surface area contributed by atoms with Gasteiger partial charge in [0.25, 0.3) is 5.91 Å². The van der Waals surface area contributed by atoms with Gasteiger partial charge in [0.1, 0.15) is 5.75 Å². The summed E-state index contributed by atoms with van der Waals surface area (Å²) in [6.45, 7) is 1.76. The minimum atomic E-state index is -0.621. The zero-order chi connectivity index (χ0) is 18.1. The topological polar surface area (TPSA) is 70.6 Å². The number of methoxy groups -OCH3 is 1. The van der Waals surface area contributed by atoms with Gasteiger partial charge in [0, 0.05) is 11.0 Å². The molecule has 1 aliphatic heterocycles. The van der Waals surface area contributed by atoms with Gasteiger partial charge in [-0.3, -0.25) is 4.79 Å². The zero-order valence-electron chi connectivity index (χ0n) is 14.9. The Morgan fingerprint density at radius 3 is 2.54 bits per heavy atom. The van der Waals surface area contributed by atoms with Crippen molar-refractivity contribution in [2.75, 3.05) is 20.2 Å². The average Bonchev–Trinajstić information content (AvgIpc) is 2.92. The molecule has 4 rings (SSSR count). The highest BCUT2D eigenvalue weighted by molar-refractivity contribution is 5.94. The third kappa shape index (κ3) is 2.68. The minimum absolute atomic E-state index is 0.183. The second-order valence-electron chi connectivity index (χ2n) is 7.12. The monoisotopic (exact) mass is 352 g/mol. The SMILES string of the molecule is COc1ccc(C(=O)N[C@H]2c3ccccc3C3(CCNCC3)[C@@H]2O)cc1. The Bertz CT molecular complexity index is 797. The molecule has 1 heterocycles. The van der Waals surface area contributed by atoms with Crippen molar-refractivity contribution >= 4 is 5.91 Å². The lowest BCUT2D eigenvalue weighted by Gasteiger charge is -2.38. The normalized spacial score (nSPS) is 23.5. The Morgan fingerprint density at radius 1 is 1.15 bits per heavy atom. The molecule has 1 aliphatic carbocycles. The fourth-order valence-corrected chi connectivity index (χ4v) is 4.43. The van der Waals surface area contributed by atoms with Gasteiger partial charge in [-0.15, -0.1) is 0 Å². The van der Waals surface area contributed by atoms with Gasteiger partial charge >= 0.3 is 0 Å². The second-order valence-corrected chi connectivity index (χ2v) is 7.12. The fraction of sp³-hybridized carbons (Fsp3) is 0.381. The highest BCUT2D eigenvalue weighted by Crippen LogP contribution is 2.50. The van der Waals surface area contributed by atoms with Crippen LogP contribution in [-0.4, -0.2) is 37.3 Å². The highest BCUT2D eigenvalue weighted by atomic mass is 16.5. The maximum atomic E-state index is 12.8. The molecule has 2 aliphatic rings. The van der Waals surface area contributed by atoms with E-state index in [0.29, 0.717) is 11.3 Å². The Balaban J connectivity index is 1.63. The third-order valence-electron chi connectivity index (χ3n) is 5.85. The molecule has 1 spiro atoms. The van der Waals surface area contributed by atoms with Crippen LogP contribution >= 0.6 is 0 Å². The van der Waals surface area contributed by atoms with Gasteiger partial charge in [-0.2, -0.15) is 0 Å². The number of benzene rings is 2. The summed E-state index contributed by atoms with van der Waals surface area (Å²) in [5.41, 5.74) is 2.49. The number of rotatable bonds is 3. The third-order valence-corrected chi connectivity index (χ3v) is 5.85. The van der Waals surface area contributed by atoms with Crippen LogP contribution in [0.15, 0.2) is 48.5 Å². The van der Waals surface area contributed by atoms with E-state index in [1.54, 1.807) is 31.4 Å². The van der Waals surface area contributed by atoms with Gasteiger partial charge in [0.05, 0.1) is 19.3 Å².